The van der Waals surface area contributed by atoms with E-state index < -0.39 is 6.10 Å². The van der Waals surface area contributed by atoms with Crippen LogP contribution in [-0.2, 0) is 4.79 Å². The minimum atomic E-state index is -0.518. The molecule has 1 fully saturated rings. The van der Waals surface area contributed by atoms with Crippen LogP contribution >= 0.6 is 11.6 Å². The van der Waals surface area contributed by atoms with Crippen molar-refractivity contribution in [3.05, 3.63) is 29.3 Å². The van der Waals surface area contributed by atoms with Gasteiger partial charge >= 0.3 is 0 Å². The third-order valence-electron chi connectivity index (χ3n) is 4.09. The molecule has 4 nitrogen and oxygen atoms in total. The van der Waals surface area contributed by atoms with Gasteiger partial charge in [0.25, 0.3) is 5.91 Å². The van der Waals surface area contributed by atoms with Gasteiger partial charge in [-0.1, -0.05) is 31.0 Å². The van der Waals surface area contributed by atoms with E-state index in [4.69, 9.17) is 22.1 Å². The first-order chi connectivity index (χ1) is 10.0. The number of carbonyl (C=O) groups excluding carboxylic acids is 1. The monoisotopic (exact) mass is 310 g/mol. The third kappa shape index (κ3) is 4.11. The fourth-order valence-corrected chi connectivity index (χ4v) is 2.91. The molecule has 0 aliphatic carbocycles. The first-order valence-electron chi connectivity index (χ1n) is 7.47. The molecule has 1 amide bonds. The Labute approximate surface area is 131 Å². The molecule has 5 heteroatoms. The summed E-state index contributed by atoms with van der Waals surface area (Å²) in [5.41, 5.74) is 6.08. The van der Waals surface area contributed by atoms with Crippen LogP contribution in [0.4, 0.5) is 0 Å². The molecular formula is C16H23ClN2O2. The smallest absolute Gasteiger partial charge is 0.263 e. The Bertz CT molecular complexity index is 495. The normalized spacial score (nSPS) is 23.7. The number of rotatable bonds is 4. The van der Waals surface area contributed by atoms with Crippen LogP contribution in [-0.4, -0.2) is 36.0 Å². The van der Waals surface area contributed by atoms with Crippen LogP contribution in [0.5, 0.6) is 5.75 Å². The molecule has 1 aromatic carbocycles. The second-order valence-electron chi connectivity index (χ2n) is 5.62. The van der Waals surface area contributed by atoms with Crippen molar-refractivity contribution < 1.29 is 9.53 Å². The largest absolute Gasteiger partial charge is 0.481 e. The van der Waals surface area contributed by atoms with Crippen LogP contribution in [0.15, 0.2) is 24.3 Å². The highest BCUT2D eigenvalue weighted by atomic mass is 35.5. The zero-order valence-corrected chi connectivity index (χ0v) is 13.3. The standard InChI is InChI=1S/C16H23ClN2O2/c1-3-12-10-19(8-7-15(12)18)16(20)11(2)21-14-6-4-5-13(17)9-14/h4-6,9,11-12,15H,3,7-8,10,18H2,1-2H3. The number of benzene rings is 1. The van der Waals surface area contributed by atoms with Gasteiger partial charge in [-0.05, 0) is 37.5 Å². The summed E-state index contributed by atoms with van der Waals surface area (Å²) < 4.78 is 5.70. The average Bonchev–Trinajstić information content (AvgIpc) is 2.47. The van der Waals surface area contributed by atoms with Crippen molar-refractivity contribution in [2.24, 2.45) is 11.7 Å². The maximum atomic E-state index is 12.5. The van der Waals surface area contributed by atoms with Gasteiger partial charge in [-0.15, -0.1) is 0 Å². The molecule has 0 saturated carbocycles. The lowest BCUT2D eigenvalue weighted by atomic mass is 9.90. The number of carbonyl (C=O) groups is 1. The number of ether oxygens (including phenoxy) is 1. The molecule has 1 aliphatic heterocycles. The Morgan fingerprint density at radius 1 is 1.57 bits per heavy atom. The summed E-state index contributed by atoms with van der Waals surface area (Å²) in [5, 5.41) is 0.599. The molecular weight excluding hydrogens is 288 g/mol. The Morgan fingerprint density at radius 3 is 3.00 bits per heavy atom. The molecule has 1 saturated heterocycles. The van der Waals surface area contributed by atoms with Gasteiger partial charge in [-0.3, -0.25) is 4.79 Å². The fourth-order valence-electron chi connectivity index (χ4n) is 2.73. The number of nitrogens with two attached hydrogens (primary N) is 1. The Morgan fingerprint density at radius 2 is 2.33 bits per heavy atom. The van der Waals surface area contributed by atoms with Gasteiger partial charge in [0.05, 0.1) is 0 Å². The van der Waals surface area contributed by atoms with Gasteiger partial charge < -0.3 is 15.4 Å². The van der Waals surface area contributed by atoms with Crippen molar-refractivity contribution in [3.8, 4) is 5.75 Å². The average molecular weight is 311 g/mol. The summed E-state index contributed by atoms with van der Waals surface area (Å²) in [7, 11) is 0. The minimum Gasteiger partial charge on any atom is -0.481 e. The lowest BCUT2D eigenvalue weighted by Gasteiger charge is -2.37. The zero-order chi connectivity index (χ0) is 15.4. The molecule has 3 unspecified atom stereocenters. The lowest BCUT2D eigenvalue weighted by Crippen LogP contribution is -2.51. The molecule has 2 N–H and O–H groups in total. The van der Waals surface area contributed by atoms with Crippen molar-refractivity contribution in [3.63, 3.8) is 0 Å². The third-order valence-corrected chi connectivity index (χ3v) is 4.32. The van der Waals surface area contributed by atoms with E-state index in [0.717, 1.165) is 19.4 Å². The first-order valence-corrected chi connectivity index (χ1v) is 7.85. The molecule has 1 aliphatic rings. The summed E-state index contributed by atoms with van der Waals surface area (Å²) in [6.45, 7) is 5.32. The van der Waals surface area contributed by atoms with Crippen LogP contribution in [0.3, 0.4) is 0 Å². The molecule has 0 spiro atoms. The number of piperidine rings is 1. The number of hydrogen-bond donors (Lipinski definition) is 1. The Balaban J connectivity index is 1.96. The van der Waals surface area contributed by atoms with Crippen LogP contribution < -0.4 is 10.5 Å². The highest BCUT2D eigenvalue weighted by Gasteiger charge is 2.30. The van der Waals surface area contributed by atoms with Crippen LogP contribution in [0.2, 0.25) is 5.02 Å². The molecule has 21 heavy (non-hydrogen) atoms. The van der Waals surface area contributed by atoms with Crippen molar-refractivity contribution >= 4 is 17.5 Å². The summed E-state index contributed by atoms with van der Waals surface area (Å²) >= 11 is 5.92. The number of amides is 1. The van der Waals surface area contributed by atoms with Crippen molar-refractivity contribution in [1.82, 2.24) is 4.90 Å². The molecule has 116 valence electrons. The van der Waals surface area contributed by atoms with Crippen molar-refractivity contribution in [1.29, 1.82) is 0 Å². The number of halogens is 1. The number of nitrogens with zero attached hydrogens (tertiary/aromatic N) is 1. The van der Waals surface area contributed by atoms with E-state index in [0.29, 0.717) is 23.2 Å². The molecule has 0 bridgehead atoms. The zero-order valence-electron chi connectivity index (χ0n) is 12.6. The van der Waals surface area contributed by atoms with Crippen LogP contribution in [0.1, 0.15) is 26.7 Å². The number of hydrogen-bond acceptors (Lipinski definition) is 3. The summed E-state index contributed by atoms with van der Waals surface area (Å²) in [6, 6.07) is 7.30. The predicted molar refractivity (Wildman–Crippen MR) is 84.5 cm³/mol. The van der Waals surface area contributed by atoms with E-state index >= 15 is 0 Å². The van der Waals surface area contributed by atoms with E-state index in [9.17, 15) is 4.79 Å². The second kappa shape index (κ2) is 7.14. The van der Waals surface area contributed by atoms with E-state index in [-0.39, 0.29) is 11.9 Å². The van der Waals surface area contributed by atoms with E-state index in [1.54, 1.807) is 25.1 Å². The second-order valence-corrected chi connectivity index (χ2v) is 6.06. The van der Waals surface area contributed by atoms with Gasteiger partial charge in [0, 0.05) is 24.2 Å². The molecule has 2 rings (SSSR count). The van der Waals surface area contributed by atoms with Gasteiger partial charge in [-0.25, -0.2) is 0 Å². The lowest BCUT2D eigenvalue weighted by molar-refractivity contribution is -0.140. The summed E-state index contributed by atoms with van der Waals surface area (Å²) in [4.78, 5) is 14.4. The maximum Gasteiger partial charge on any atom is 0.263 e. The van der Waals surface area contributed by atoms with Gasteiger partial charge in [0.1, 0.15) is 5.75 Å². The van der Waals surface area contributed by atoms with Gasteiger partial charge in [0.15, 0.2) is 6.10 Å². The highest BCUT2D eigenvalue weighted by Crippen LogP contribution is 2.22. The van der Waals surface area contributed by atoms with Crippen molar-refractivity contribution in [2.75, 3.05) is 13.1 Å². The van der Waals surface area contributed by atoms with Crippen molar-refractivity contribution in [2.45, 2.75) is 38.8 Å². The molecule has 3 atom stereocenters. The Hall–Kier alpha value is -1.26. The van der Waals surface area contributed by atoms with E-state index in [1.807, 2.05) is 11.0 Å². The van der Waals surface area contributed by atoms with Crippen LogP contribution in [0, 0.1) is 5.92 Å². The number of likely N-dealkylation sites (tertiary alicyclic amines) is 1. The van der Waals surface area contributed by atoms with Gasteiger partial charge in [-0.2, -0.15) is 0 Å². The molecule has 0 radical (unpaired) electrons. The van der Waals surface area contributed by atoms with Crippen LogP contribution in [0.25, 0.3) is 0 Å². The van der Waals surface area contributed by atoms with E-state index in [2.05, 4.69) is 6.92 Å². The minimum absolute atomic E-state index is 0.0142. The predicted octanol–water partition coefficient (Wildman–Crippen LogP) is 2.69. The quantitative estimate of drug-likeness (QED) is 0.930. The molecule has 1 heterocycles. The summed E-state index contributed by atoms with van der Waals surface area (Å²) in [5.74, 6) is 1.01. The fraction of sp³-hybridized carbons (Fsp3) is 0.562. The maximum absolute atomic E-state index is 12.5. The van der Waals surface area contributed by atoms with E-state index in [1.165, 1.54) is 0 Å². The Kier molecular flexibility index (Phi) is 5.48. The first kappa shape index (κ1) is 16.1. The highest BCUT2D eigenvalue weighted by molar-refractivity contribution is 6.30. The molecule has 1 aromatic rings. The molecule has 0 aromatic heterocycles. The topological polar surface area (TPSA) is 55.6 Å². The summed E-state index contributed by atoms with van der Waals surface area (Å²) in [6.07, 6.45) is 1.33. The van der Waals surface area contributed by atoms with Gasteiger partial charge in [0.2, 0.25) is 0 Å². The SMILES string of the molecule is CCC1CN(C(=O)C(C)Oc2cccc(Cl)c2)CCC1N.